The highest BCUT2D eigenvalue weighted by Crippen LogP contribution is 2.62. The minimum Gasteiger partial charge on any atom is -0.376 e. The van der Waals surface area contributed by atoms with Crippen molar-refractivity contribution < 1.29 is 5.11 Å². The lowest BCUT2D eigenvalue weighted by Gasteiger charge is -2.47. The Morgan fingerprint density at radius 2 is 0.683 bits per heavy atom. The van der Waals surface area contributed by atoms with Crippen molar-refractivity contribution in [2.24, 2.45) is 0 Å². The van der Waals surface area contributed by atoms with Crippen LogP contribution < -0.4 is 0 Å². The van der Waals surface area contributed by atoms with Gasteiger partial charge in [-0.2, -0.15) is 0 Å². The summed E-state index contributed by atoms with van der Waals surface area (Å²) in [5.74, 6) is 0. The smallest absolute Gasteiger partial charge is 0.141 e. The Morgan fingerprint density at radius 3 is 1.17 bits per heavy atom. The van der Waals surface area contributed by atoms with E-state index in [0.29, 0.717) is 0 Å². The number of benzene rings is 6. The summed E-state index contributed by atoms with van der Waals surface area (Å²) in [5.41, 5.74) is 10.3. The Morgan fingerprint density at radius 1 is 0.341 bits per heavy atom. The predicted molar refractivity (Wildman–Crippen MR) is 169 cm³/mol. The summed E-state index contributed by atoms with van der Waals surface area (Å²) >= 11 is 0. The van der Waals surface area contributed by atoms with Gasteiger partial charge in [0.1, 0.15) is 5.60 Å². The van der Waals surface area contributed by atoms with Crippen LogP contribution >= 0.6 is 0 Å². The van der Waals surface area contributed by atoms with Crippen molar-refractivity contribution in [3.05, 3.63) is 191 Å². The van der Waals surface area contributed by atoms with Crippen LogP contribution in [-0.2, 0) is 11.0 Å². The molecule has 6 aromatic carbocycles. The van der Waals surface area contributed by atoms with E-state index in [9.17, 15) is 5.11 Å². The molecule has 0 radical (unpaired) electrons. The maximum atomic E-state index is 13.2. The molecule has 0 saturated heterocycles. The second kappa shape index (κ2) is 9.73. The number of rotatable bonds is 2. The quantitative estimate of drug-likeness (QED) is 0.237. The molecule has 0 unspecified atom stereocenters. The van der Waals surface area contributed by atoms with Gasteiger partial charge >= 0.3 is 0 Å². The zero-order valence-electron chi connectivity index (χ0n) is 23.4. The maximum absolute atomic E-state index is 13.2. The lowest BCUT2D eigenvalue weighted by atomic mass is 9.56. The van der Waals surface area contributed by atoms with Crippen LogP contribution in [0.1, 0.15) is 52.8 Å². The number of aliphatic hydroxyl groups is 1. The van der Waals surface area contributed by atoms with Crippen molar-refractivity contribution >= 4 is 0 Å². The molecule has 0 fully saturated rings. The Balaban J connectivity index is 0.00000135. The highest BCUT2D eigenvalue weighted by molar-refractivity contribution is 5.89. The van der Waals surface area contributed by atoms with E-state index in [0.717, 1.165) is 38.9 Å². The van der Waals surface area contributed by atoms with Crippen molar-refractivity contribution in [2.45, 2.75) is 24.9 Å². The van der Waals surface area contributed by atoms with Gasteiger partial charge in [0.15, 0.2) is 0 Å². The van der Waals surface area contributed by atoms with E-state index in [1.165, 1.54) is 22.3 Å². The van der Waals surface area contributed by atoms with Gasteiger partial charge in [0, 0.05) is 5.56 Å². The molecule has 198 valence electrons. The molecule has 6 aromatic rings. The molecule has 1 heteroatoms. The molecular weight excluding hydrogens is 496 g/mol. The minimum absolute atomic E-state index is 0.520. The monoisotopic (exact) mass is 528 g/mol. The molecule has 2 aliphatic rings. The zero-order valence-corrected chi connectivity index (χ0v) is 23.4. The van der Waals surface area contributed by atoms with Gasteiger partial charge in [0.05, 0.1) is 5.41 Å². The fourth-order valence-electron chi connectivity index (χ4n) is 7.32. The van der Waals surface area contributed by atoms with E-state index in [2.05, 4.69) is 140 Å². The summed E-state index contributed by atoms with van der Waals surface area (Å²) in [6.45, 7) is 4.00. The third-order valence-corrected chi connectivity index (χ3v) is 8.80. The molecule has 0 amide bonds. The van der Waals surface area contributed by atoms with Crippen molar-refractivity contribution in [1.29, 1.82) is 0 Å². The van der Waals surface area contributed by atoms with Gasteiger partial charge in [-0.3, -0.25) is 0 Å². The summed E-state index contributed by atoms with van der Waals surface area (Å²) in [5, 5.41) is 13.2. The van der Waals surface area contributed by atoms with Crippen molar-refractivity contribution in [1.82, 2.24) is 0 Å². The van der Waals surface area contributed by atoms with E-state index in [1.807, 2.05) is 26.0 Å². The summed E-state index contributed by atoms with van der Waals surface area (Å²) < 4.78 is 0. The predicted octanol–water partition coefficient (Wildman–Crippen LogP) is 9.34. The van der Waals surface area contributed by atoms with E-state index in [4.69, 9.17) is 0 Å². The summed E-state index contributed by atoms with van der Waals surface area (Å²) in [6.07, 6.45) is 0. The molecule has 1 nitrogen and oxygen atoms in total. The van der Waals surface area contributed by atoms with E-state index in [-0.39, 0.29) is 0 Å². The molecule has 0 atom stereocenters. The van der Waals surface area contributed by atoms with Crippen LogP contribution in [0.5, 0.6) is 0 Å². The Kier molecular flexibility index (Phi) is 5.99. The summed E-state index contributed by atoms with van der Waals surface area (Å²) in [4.78, 5) is 0. The largest absolute Gasteiger partial charge is 0.376 e. The van der Waals surface area contributed by atoms with Gasteiger partial charge in [-0.05, 0) is 55.6 Å². The van der Waals surface area contributed by atoms with Gasteiger partial charge in [0.2, 0.25) is 0 Å². The Bertz CT molecular complexity index is 1790. The first-order valence-corrected chi connectivity index (χ1v) is 14.5. The zero-order chi connectivity index (χ0) is 28.0. The van der Waals surface area contributed by atoms with Crippen LogP contribution in [0.2, 0.25) is 0 Å². The molecule has 0 saturated carbocycles. The normalized spacial score (nSPS) is 14.6. The van der Waals surface area contributed by atoms with Crippen molar-refractivity contribution in [2.75, 3.05) is 0 Å². The average Bonchev–Trinajstić information content (AvgIpc) is 3.36. The van der Waals surface area contributed by atoms with E-state index < -0.39 is 11.0 Å². The van der Waals surface area contributed by atoms with Gasteiger partial charge in [-0.15, -0.1) is 0 Å². The number of fused-ring (bicyclic) bond motifs is 9. The van der Waals surface area contributed by atoms with Crippen LogP contribution in [0.4, 0.5) is 0 Å². The van der Waals surface area contributed by atoms with E-state index in [1.54, 1.807) is 0 Å². The molecular formula is C40H32O. The third-order valence-electron chi connectivity index (χ3n) is 8.80. The summed E-state index contributed by atoms with van der Waals surface area (Å²) in [6, 6.07) is 53.3. The SMILES string of the molecule is CC.OC1(c2ccccc2-c2ccccc2)c2ccccc2C2(c3ccccc3-c3ccccc32)c2ccccc21. The van der Waals surface area contributed by atoms with Crippen LogP contribution in [0, 0.1) is 0 Å². The van der Waals surface area contributed by atoms with Gasteiger partial charge in [-0.1, -0.05) is 166 Å². The molecule has 2 aliphatic carbocycles. The minimum atomic E-state index is -1.34. The van der Waals surface area contributed by atoms with Gasteiger partial charge in [0.25, 0.3) is 0 Å². The first-order valence-electron chi connectivity index (χ1n) is 14.5. The van der Waals surface area contributed by atoms with Crippen LogP contribution in [0.3, 0.4) is 0 Å². The van der Waals surface area contributed by atoms with E-state index >= 15 is 0 Å². The first-order chi connectivity index (χ1) is 20.3. The molecule has 0 aromatic heterocycles. The molecule has 8 rings (SSSR count). The fraction of sp³-hybridized carbons (Fsp3) is 0.100. The fourth-order valence-corrected chi connectivity index (χ4v) is 7.32. The average molecular weight is 529 g/mol. The van der Waals surface area contributed by atoms with Crippen LogP contribution in [-0.4, -0.2) is 5.11 Å². The van der Waals surface area contributed by atoms with Crippen LogP contribution in [0.25, 0.3) is 22.3 Å². The molecule has 1 N–H and O–H groups in total. The first kappa shape index (κ1) is 25.3. The molecule has 1 spiro atoms. The molecule has 0 heterocycles. The van der Waals surface area contributed by atoms with Gasteiger partial charge in [-0.25, -0.2) is 0 Å². The second-order valence-corrected chi connectivity index (χ2v) is 10.6. The van der Waals surface area contributed by atoms with Crippen molar-refractivity contribution in [3.63, 3.8) is 0 Å². The molecule has 0 aliphatic heterocycles. The third kappa shape index (κ3) is 3.33. The highest BCUT2D eigenvalue weighted by atomic mass is 16.3. The number of hydrogen-bond donors (Lipinski definition) is 1. The topological polar surface area (TPSA) is 20.2 Å². The Hall–Kier alpha value is -4.72. The summed E-state index contributed by atoms with van der Waals surface area (Å²) in [7, 11) is 0. The van der Waals surface area contributed by atoms with Crippen molar-refractivity contribution in [3.8, 4) is 22.3 Å². The maximum Gasteiger partial charge on any atom is 0.141 e. The second-order valence-electron chi connectivity index (χ2n) is 10.6. The lowest BCUT2D eigenvalue weighted by Crippen LogP contribution is -2.44. The van der Waals surface area contributed by atoms with Gasteiger partial charge < -0.3 is 5.11 Å². The molecule has 41 heavy (non-hydrogen) atoms. The number of hydrogen-bond acceptors (Lipinski definition) is 1. The Labute approximate surface area is 242 Å². The lowest BCUT2D eigenvalue weighted by molar-refractivity contribution is 0.119. The standard InChI is InChI=1S/C38H26O.C2H6/c39-38(32-21-9-4-16-27(32)26-14-2-1-3-15-26)35-24-12-10-22-33(35)37(34-23-11-13-25-36(34)38)30-19-7-5-17-28(30)29-18-6-8-20-31(29)37;1-2/h1-25,39H;1-2H3. The highest BCUT2D eigenvalue weighted by Gasteiger charge is 2.55. The molecule has 0 bridgehead atoms. The van der Waals surface area contributed by atoms with Crippen LogP contribution in [0.15, 0.2) is 152 Å².